The maximum Gasteiger partial charge on any atom is 0.226 e. The number of aryl methyl sites for hydroxylation is 2. The van der Waals surface area contributed by atoms with Crippen LogP contribution in [-0.2, 0) is 11.8 Å². The third-order valence-corrected chi connectivity index (χ3v) is 4.03. The molecule has 0 radical (unpaired) electrons. The average Bonchev–Trinajstić information content (AvgIpc) is 3.14. The molecule has 0 aliphatic carbocycles. The molecule has 1 fully saturated rings. The minimum atomic E-state index is -0.0598. The lowest BCUT2D eigenvalue weighted by Crippen LogP contribution is -2.47. The van der Waals surface area contributed by atoms with Crippen LogP contribution in [0.15, 0.2) is 23.0 Å². The zero-order valence-electron chi connectivity index (χ0n) is 13.9. The molecule has 0 bridgehead atoms. The molecule has 3 rings (SSSR count). The molecule has 1 atom stereocenters. The van der Waals surface area contributed by atoms with E-state index in [-0.39, 0.29) is 24.4 Å². The van der Waals surface area contributed by atoms with Gasteiger partial charge in [0.15, 0.2) is 5.82 Å². The molecule has 0 saturated carbocycles. The second kappa shape index (κ2) is 8.27. The quantitative estimate of drug-likeness (QED) is 0.836. The van der Waals surface area contributed by atoms with Crippen LogP contribution in [0.1, 0.15) is 24.0 Å². The van der Waals surface area contributed by atoms with Gasteiger partial charge < -0.3 is 19.7 Å². The molecule has 1 unspecified atom stereocenters. The third kappa shape index (κ3) is 4.34. The molecular weight excluding hydrogens is 332 g/mol. The van der Waals surface area contributed by atoms with Crippen molar-refractivity contribution in [2.24, 2.45) is 7.05 Å². The highest BCUT2D eigenvalue weighted by atomic mass is 35.5. The number of imidazole rings is 1. The van der Waals surface area contributed by atoms with E-state index in [9.17, 15) is 4.79 Å². The molecule has 2 aromatic rings. The number of rotatable bonds is 5. The Morgan fingerprint density at radius 3 is 3.04 bits per heavy atom. The van der Waals surface area contributed by atoms with Crippen LogP contribution in [0.4, 0.5) is 5.82 Å². The van der Waals surface area contributed by atoms with E-state index < -0.39 is 0 Å². The number of hydrogen-bond acceptors (Lipinski definition) is 6. The van der Waals surface area contributed by atoms with Crippen LogP contribution in [0.2, 0.25) is 0 Å². The Labute approximate surface area is 147 Å². The van der Waals surface area contributed by atoms with E-state index in [1.807, 2.05) is 24.0 Å². The van der Waals surface area contributed by atoms with Crippen molar-refractivity contribution in [2.45, 2.75) is 19.4 Å². The van der Waals surface area contributed by atoms with Gasteiger partial charge in [0.1, 0.15) is 11.6 Å². The summed E-state index contributed by atoms with van der Waals surface area (Å²) in [5.74, 6) is 2.10. The van der Waals surface area contributed by atoms with Gasteiger partial charge in [-0.15, -0.1) is 12.4 Å². The Kier molecular flexibility index (Phi) is 6.36. The van der Waals surface area contributed by atoms with E-state index in [4.69, 9.17) is 4.52 Å². The van der Waals surface area contributed by atoms with Crippen LogP contribution in [0, 0.1) is 6.92 Å². The highest BCUT2D eigenvalue weighted by molar-refractivity contribution is 5.89. The summed E-state index contributed by atoms with van der Waals surface area (Å²) in [5.41, 5.74) is 0. The smallest absolute Gasteiger partial charge is 0.226 e. The van der Waals surface area contributed by atoms with Crippen molar-refractivity contribution in [2.75, 3.05) is 31.5 Å². The number of aromatic nitrogens is 3. The van der Waals surface area contributed by atoms with Crippen LogP contribution in [-0.4, -0.2) is 51.7 Å². The van der Waals surface area contributed by atoms with Crippen molar-refractivity contribution >= 4 is 24.1 Å². The summed E-state index contributed by atoms with van der Waals surface area (Å²) in [4.78, 5) is 18.8. The Hall–Kier alpha value is -1.90. The molecule has 1 aliphatic heterocycles. The number of hydrogen-bond donors (Lipinski definition) is 2. The van der Waals surface area contributed by atoms with Crippen LogP contribution in [0.3, 0.4) is 0 Å². The van der Waals surface area contributed by atoms with Crippen molar-refractivity contribution in [1.29, 1.82) is 0 Å². The Balaban J connectivity index is 0.00000208. The van der Waals surface area contributed by atoms with Gasteiger partial charge in [-0.3, -0.25) is 9.69 Å². The number of piperazine rings is 1. The van der Waals surface area contributed by atoms with Gasteiger partial charge in [-0.1, -0.05) is 5.16 Å². The van der Waals surface area contributed by atoms with E-state index >= 15 is 0 Å². The van der Waals surface area contributed by atoms with Crippen molar-refractivity contribution < 1.29 is 9.32 Å². The number of nitrogens with one attached hydrogen (secondary N) is 2. The van der Waals surface area contributed by atoms with Gasteiger partial charge in [0.25, 0.3) is 0 Å². The van der Waals surface area contributed by atoms with E-state index in [0.717, 1.165) is 25.5 Å². The van der Waals surface area contributed by atoms with E-state index in [0.29, 0.717) is 24.5 Å². The van der Waals surface area contributed by atoms with Crippen LogP contribution in [0.25, 0.3) is 0 Å². The standard InChI is InChI=1S/C15H22N6O2.ClH/c1-11-9-13(19-23-11)18-14(22)3-6-21-8-4-16-10-12(21)15-17-5-7-20(15)2;/h5,7,9,12,16H,3-4,6,8,10H2,1-2H3,(H,18,19,22);1H. The molecule has 1 amide bonds. The number of nitrogens with zero attached hydrogens (tertiary/aromatic N) is 4. The number of carbonyl (C=O) groups is 1. The summed E-state index contributed by atoms with van der Waals surface area (Å²) in [5, 5.41) is 9.92. The van der Waals surface area contributed by atoms with Gasteiger partial charge in [0.2, 0.25) is 5.91 Å². The fourth-order valence-corrected chi connectivity index (χ4v) is 2.84. The first-order valence-electron chi connectivity index (χ1n) is 7.78. The molecule has 8 nitrogen and oxygen atoms in total. The number of halogens is 1. The number of amides is 1. The summed E-state index contributed by atoms with van der Waals surface area (Å²) in [6, 6.07) is 1.89. The molecule has 9 heteroatoms. The fourth-order valence-electron chi connectivity index (χ4n) is 2.84. The van der Waals surface area contributed by atoms with Gasteiger partial charge in [0.05, 0.1) is 6.04 Å². The van der Waals surface area contributed by atoms with Gasteiger partial charge >= 0.3 is 0 Å². The summed E-state index contributed by atoms with van der Waals surface area (Å²) in [7, 11) is 1.99. The summed E-state index contributed by atoms with van der Waals surface area (Å²) in [6.45, 7) is 5.14. The highest BCUT2D eigenvalue weighted by Crippen LogP contribution is 2.20. The highest BCUT2D eigenvalue weighted by Gasteiger charge is 2.26. The molecule has 132 valence electrons. The first-order valence-corrected chi connectivity index (χ1v) is 7.78. The number of anilines is 1. The number of carbonyl (C=O) groups excluding carboxylic acids is 1. The first kappa shape index (κ1) is 18.4. The van der Waals surface area contributed by atoms with Crippen molar-refractivity contribution in [3.63, 3.8) is 0 Å². The van der Waals surface area contributed by atoms with Crippen molar-refractivity contribution in [3.8, 4) is 0 Å². The molecule has 3 heterocycles. The third-order valence-electron chi connectivity index (χ3n) is 4.03. The molecule has 24 heavy (non-hydrogen) atoms. The Morgan fingerprint density at radius 1 is 1.54 bits per heavy atom. The molecule has 1 saturated heterocycles. The average molecular weight is 355 g/mol. The predicted octanol–water partition coefficient (Wildman–Crippen LogP) is 1.11. The lowest BCUT2D eigenvalue weighted by atomic mass is 10.1. The maximum atomic E-state index is 12.1. The maximum absolute atomic E-state index is 12.1. The summed E-state index contributed by atoms with van der Waals surface area (Å²) >= 11 is 0. The zero-order chi connectivity index (χ0) is 16.2. The molecule has 2 aromatic heterocycles. The van der Waals surface area contributed by atoms with Crippen LogP contribution in [0.5, 0.6) is 0 Å². The normalized spacial score (nSPS) is 18.2. The van der Waals surface area contributed by atoms with E-state index in [1.54, 1.807) is 13.0 Å². The molecule has 2 N–H and O–H groups in total. The molecule has 0 aromatic carbocycles. The predicted molar refractivity (Wildman–Crippen MR) is 92.1 cm³/mol. The second-order valence-corrected chi connectivity index (χ2v) is 5.77. The van der Waals surface area contributed by atoms with Gasteiger partial charge in [-0.25, -0.2) is 4.98 Å². The Morgan fingerprint density at radius 2 is 2.38 bits per heavy atom. The van der Waals surface area contributed by atoms with Crippen molar-refractivity contribution in [3.05, 3.63) is 30.0 Å². The van der Waals surface area contributed by atoms with Gasteiger partial charge in [-0.05, 0) is 6.92 Å². The van der Waals surface area contributed by atoms with E-state index in [1.165, 1.54) is 0 Å². The first-order chi connectivity index (χ1) is 11.1. The van der Waals surface area contributed by atoms with Crippen molar-refractivity contribution in [1.82, 2.24) is 24.9 Å². The van der Waals surface area contributed by atoms with Gasteiger partial charge in [0, 0.05) is 58.1 Å². The SMILES string of the molecule is Cc1cc(NC(=O)CCN2CCNCC2c2nccn2C)no1.Cl. The summed E-state index contributed by atoms with van der Waals surface area (Å²) in [6.07, 6.45) is 4.16. The minimum Gasteiger partial charge on any atom is -0.360 e. The van der Waals surface area contributed by atoms with Crippen LogP contribution >= 0.6 is 12.4 Å². The van der Waals surface area contributed by atoms with E-state index in [2.05, 4.69) is 25.7 Å². The largest absolute Gasteiger partial charge is 0.360 e. The monoisotopic (exact) mass is 354 g/mol. The Bertz CT molecular complexity index is 670. The van der Waals surface area contributed by atoms with Gasteiger partial charge in [-0.2, -0.15) is 0 Å². The lowest BCUT2D eigenvalue weighted by molar-refractivity contribution is -0.116. The summed E-state index contributed by atoms with van der Waals surface area (Å²) < 4.78 is 6.98. The molecular formula is C15H23ClN6O2. The van der Waals surface area contributed by atoms with Crippen LogP contribution < -0.4 is 10.6 Å². The second-order valence-electron chi connectivity index (χ2n) is 5.77. The lowest BCUT2D eigenvalue weighted by Gasteiger charge is -2.35. The zero-order valence-corrected chi connectivity index (χ0v) is 14.7. The minimum absolute atomic E-state index is 0. The molecule has 0 spiro atoms. The molecule has 1 aliphatic rings. The topological polar surface area (TPSA) is 88.2 Å². The fraction of sp³-hybridized carbons (Fsp3) is 0.533.